The lowest BCUT2D eigenvalue weighted by Crippen LogP contribution is -2.32. The quantitative estimate of drug-likeness (QED) is 0.594. The molecule has 1 rings (SSSR count). The van der Waals surface area contributed by atoms with Crippen molar-refractivity contribution < 1.29 is 8.78 Å². The molecule has 1 heterocycles. The zero-order valence-electron chi connectivity index (χ0n) is 8.03. The van der Waals surface area contributed by atoms with Crippen LogP contribution in [-0.2, 0) is 0 Å². The second-order valence-corrected chi connectivity index (χ2v) is 4.88. The summed E-state index contributed by atoms with van der Waals surface area (Å²) in [4.78, 5) is 1.85. The fourth-order valence-corrected chi connectivity index (χ4v) is 1.61. The number of nitrogens with zero attached hydrogens (tertiary/aromatic N) is 1. The highest BCUT2D eigenvalue weighted by molar-refractivity contribution is 4.83. The van der Waals surface area contributed by atoms with E-state index in [1.807, 2.05) is 4.90 Å². The maximum Gasteiger partial charge on any atom is 0.261 e. The summed E-state index contributed by atoms with van der Waals surface area (Å²) >= 11 is 0. The number of rotatable bonds is 1. The van der Waals surface area contributed by atoms with Gasteiger partial charge in [-0.15, -0.1) is 0 Å². The molecule has 12 heavy (non-hydrogen) atoms. The molecule has 3 heteroatoms. The molecule has 72 valence electrons. The predicted molar refractivity (Wildman–Crippen MR) is 45.5 cm³/mol. The maximum atomic E-state index is 12.7. The molecule has 0 aromatic carbocycles. The molecule has 0 aliphatic carbocycles. The Morgan fingerprint density at radius 1 is 1.33 bits per heavy atom. The molecule has 1 aliphatic rings. The van der Waals surface area contributed by atoms with Crippen molar-refractivity contribution in [2.75, 3.05) is 19.6 Å². The number of hydrogen-bond donors (Lipinski definition) is 0. The average molecular weight is 177 g/mol. The molecule has 0 aromatic heterocycles. The standard InChI is InChI=1S/C9H17F2N/c1-8(2,3)6-12-5-4-9(10,11)7-12/h4-7H2,1-3H3. The topological polar surface area (TPSA) is 3.24 Å². The van der Waals surface area contributed by atoms with Crippen LogP contribution in [0.4, 0.5) is 8.78 Å². The maximum absolute atomic E-state index is 12.7. The second kappa shape index (κ2) is 2.95. The van der Waals surface area contributed by atoms with Gasteiger partial charge in [0.2, 0.25) is 0 Å². The number of hydrogen-bond acceptors (Lipinski definition) is 1. The molecular formula is C9H17F2N. The lowest BCUT2D eigenvalue weighted by Gasteiger charge is -2.25. The van der Waals surface area contributed by atoms with Crippen molar-refractivity contribution in [3.8, 4) is 0 Å². The van der Waals surface area contributed by atoms with E-state index >= 15 is 0 Å². The van der Waals surface area contributed by atoms with E-state index < -0.39 is 5.92 Å². The molecule has 0 unspecified atom stereocenters. The molecule has 0 N–H and O–H groups in total. The van der Waals surface area contributed by atoms with Gasteiger partial charge in [-0.05, 0) is 5.41 Å². The monoisotopic (exact) mass is 177 g/mol. The van der Waals surface area contributed by atoms with Crippen LogP contribution in [0.5, 0.6) is 0 Å². The van der Waals surface area contributed by atoms with E-state index in [1.165, 1.54) is 0 Å². The Labute approximate surface area is 72.7 Å². The third-order valence-electron chi connectivity index (χ3n) is 1.95. The van der Waals surface area contributed by atoms with Crippen LogP contribution < -0.4 is 0 Å². The fourth-order valence-electron chi connectivity index (χ4n) is 1.61. The van der Waals surface area contributed by atoms with Crippen LogP contribution >= 0.6 is 0 Å². The third kappa shape index (κ3) is 3.05. The van der Waals surface area contributed by atoms with Crippen molar-refractivity contribution in [2.45, 2.75) is 33.1 Å². The van der Waals surface area contributed by atoms with Gasteiger partial charge in [0.1, 0.15) is 0 Å². The summed E-state index contributed by atoms with van der Waals surface area (Å²) in [5.41, 5.74) is 0.125. The first-order valence-corrected chi connectivity index (χ1v) is 4.39. The van der Waals surface area contributed by atoms with Gasteiger partial charge in [-0.2, -0.15) is 0 Å². The Balaban J connectivity index is 2.39. The van der Waals surface area contributed by atoms with E-state index in [2.05, 4.69) is 20.8 Å². The van der Waals surface area contributed by atoms with Gasteiger partial charge in [-0.25, -0.2) is 8.78 Å². The van der Waals surface area contributed by atoms with Gasteiger partial charge in [0.25, 0.3) is 5.92 Å². The Morgan fingerprint density at radius 2 is 1.92 bits per heavy atom. The van der Waals surface area contributed by atoms with Crippen molar-refractivity contribution in [3.05, 3.63) is 0 Å². The fraction of sp³-hybridized carbons (Fsp3) is 1.00. The molecule has 0 aromatic rings. The van der Waals surface area contributed by atoms with Crippen molar-refractivity contribution in [3.63, 3.8) is 0 Å². The predicted octanol–water partition coefficient (Wildman–Crippen LogP) is 2.37. The zero-order chi connectivity index (χ0) is 9.41. The SMILES string of the molecule is CC(C)(C)CN1CCC(F)(F)C1. The summed E-state index contributed by atoms with van der Waals surface area (Å²) < 4.78 is 25.5. The Hall–Kier alpha value is -0.180. The Bertz CT molecular complexity index is 160. The lowest BCUT2D eigenvalue weighted by molar-refractivity contribution is 0.00944. The van der Waals surface area contributed by atoms with Gasteiger partial charge in [0.15, 0.2) is 0 Å². The largest absolute Gasteiger partial charge is 0.297 e. The van der Waals surface area contributed by atoms with E-state index in [0.29, 0.717) is 6.54 Å². The van der Waals surface area contributed by atoms with Crippen molar-refractivity contribution in [1.82, 2.24) is 4.90 Å². The molecule has 0 radical (unpaired) electrons. The van der Waals surface area contributed by atoms with Crippen molar-refractivity contribution in [1.29, 1.82) is 0 Å². The van der Waals surface area contributed by atoms with E-state index in [4.69, 9.17) is 0 Å². The highest BCUT2D eigenvalue weighted by Gasteiger charge is 2.38. The summed E-state index contributed by atoms with van der Waals surface area (Å²) in [7, 11) is 0. The van der Waals surface area contributed by atoms with Crippen LogP contribution in [0.3, 0.4) is 0 Å². The first-order chi connectivity index (χ1) is 5.29. The minimum absolute atomic E-state index is 0.0308. The summed E-state index contributed by atoms with van der Waals surface area (Å²) in [6, 6.07) is 0. The summed E-state index contributed by atoms with van der Waals surface area (Å²) in [6.07, 6.45) is 0.0308. The summed E-state index contributed by atoms with van der Waals surface area (Å²) in [5, 5.41) is 0. The molecule has 1 saturated heterocycles. The smallest absolute Gasteiger partial charge is 0.261 e. The van der Waals surface area contributed by atoms with Crippen LogP contribution in [-0.4, -0.2) is 30.5 Å². The number of likely N-dealkylation sites (tertiary alicyclic amines) is 1. The molecule has 0 atom stereocenters. The van der Waals surface area contributed by atoms with Gasteiger partial charge < -0.3 is 0 Å². The van der Waals surface area contributed by atoms with E-state index in [1.54, 1.807) is 0 Å². The van der Waals surface area contributed by atoms with E-state index in [9.17, 15) is 8.78 Å². The minimum atomic E-state index is -2.44. The number of halogens is 2. The third-order valence-corrected chi connectivity index (χ3v) is 1.95. The Kier molecular flexibility index (Phi) is 2.43. The lowest BCUT2D eigenvalue weighted by atomic mass is 9.96. The minimum Gasteiger partial charge on any atom is -0.297 e. The van der Waals surface area contributed by atoms with Crippen molar-refractivity contribution >= 4 is 0 Å². The van der Waals surface area contributed by atoms with Gasteiger partial charge >= 0.3 is 0 Å². The van der Waals surface area contributed by atoms with Gasteiger partial charge in [0.05, 0.1) is 6.54 Å². The van der Waals surface area contributed by atoms with Gasteiger partial charge in [-0.3, -0.25) is 4.90 Å². The highest BCUT2D eigenvalue weighted by Crippen LogP contribution is 2.29. The highest BCUT2D eigenvalue weighted by atomic mass is 19.3. The molecule has 0 saturated carbocycles. The molecular weight excluding hydrogens is 160 g/mol. The first kappa shape index (κ1) is 9.90. The molecule has 1 fully saturated rings. The summed E-state index contributed by atoms with van der Waals surface area (Å²) in [5.74, 6) is -2.44. The first-order valence-electron chi connectivity index (χ1n) is 4.39. The van der Waals surface area contributed by atoms with Crippen LogP contribution in [0.25, 0.3) is 0 Å². The molecule has 0 bridgehead atoms. The number of alkyl halides is 2. The molecule has 0 spiro atoms. The van der Waals surface area contributed by atoms with E-state index in [-0.39, 0.29) is 18.4 Å². The van der Waals surface area contributed by atoms with Crippen LogP contribution in [0.15, 0.2) is 0 Å². The molecule has 0 amide bonds. The van der Waals surface area contributed by atoms with E-state index in [0.717, 1.165) is 6.54 Å². The normalized spacial score (nSPS) is 24.8. The van der Waals surface area contributed by atoms with Crippen LogP contribution in [0, 0.1) is 5.41 Å². The van der Waals surface area contributed by atoms with Gasteiger partial charge in [-0.1, -0.05) is 20.8 Å². The molecule has 1 aliphatic heterocycles. The van der Waals surface area contributed by atoms with Crippen LogP contribution in [0.2, 0.25) is 0 Å². The van der Waals surface area contributed by atoms with Gasteiger partial charge in [0, 0.05) is 19.5 Å². The zero-order valence-corrected chi connectivity index (χ0v) is 8.03. The average Bonchev–Trinajstić information content (AvgIpc) is 2.05. The Morgan fingerprint density at radius 3 is 2.25 bits per heavy atom. The second-order valence-electron chi connectivity index (χ2n) is 4.88. The summed E-state index contributed by atoms with van der Waals surface area (Å²) in [6.45, 7) is 7.48. The van der Waals surface area contributed by atoms with Crippen molar-refractivity contribution in [2.24, 2.45) is 5.41 Å². The molecule has 1 nitrogen and oxygen atoms in total. The van der Waals surface area contributed by atoms with Crippen LogP contribution in [0.1, 0.15) is 27.2 Å².